The van der Waals surface area contributed by atoms with Crippen LogP contribution in [0.15, 0.2) is 21.3 Å². The molecule has 1 N–H and O–H groups in total. The summed E-state index contributed by atoms with van der Waals surface area (Å²) < 4.78 is 1.07. The van der Waals surface area contributed by atoms with Gasteiger partial charge in [0.2, 0.25) is 5.91 Å². The first-order chi connectivity index (χ1) is 11.5. The standard InChI is InChI=1S/C17H22BrN3OS2/c1-21(2)17(5-3-4-6-17)11-19-15(22)8-13-10-24-16(20-13)14-7-12(18)9-23-14/h7,9-10H,3-6,8,11H2,1-2H3,(H,19,22). The van der Waals surface area contributed by atoms with E-state index < -0.39 is 0 Å². The van der Waals surface area contributed by atoms with Crippen LogP contribution in [0.1, 0.15) is 31.4 Å². The summed E-state index contributed by atoms with van der Waals surface area (Å²) >= 11 is 6.72. The average molecular weight is 428 g/mol. The van der Waals surface area contributed by atoms with Crippen LogP contribution in [0.4, 0.5) is 0 Å². The SMILES string of the molecule is CN(C)C1(CNC(=O)Cc2csc(-c3cc(Br)cs3)n2)CCCC1. The Morgan fingerprint density at radius 3 is 2.71 bits per heavy atom. The number of hydrogen-bond donors (Lipinski definition) is 1. The maximum absolute atomic E-state index is 12.3. The van der Waals surface area contributed by atoms with Crippen molar-refractivity contribution in [3.63, 3.8) is 0 Å². The fourth-order valence-corrected chi connectivity index (χ4v) is 5.56. The minimum atomic E-state index is 0.0623. The Morgan fingerprint density at radius 2 is 2.08 bits per heavy atom. The zero-order valence-electron chi connectivity index (χ0n) is 14.0. The van der Waals surface area contributed by atoms with Crippen LogP contribution in [-0.2, 0) is 11.2 Å². The molecule has 1 aliphatic rings. The van der Waals surface area contributed by atoms with Gasteiger partial charge in [-0.05, 0) is 48.9 Å². The Bertz CT molecular complexity index is 704. The fraction of sp³-hybridized carbons (Fsp3) is 0.529. The number of nitrogens with one attached hydrogen (secondary N) is 1. The molecule has 1 aliphatic carbocycles. The molecule has 1 saturated carbocycles. The van der Waals surface area contributed by atoms with E-state index in [2.05, 4.69) is 51.3 Å². The van der Waals surface area contributed by atoms with Gasteiger partial charge in [0, 0.05) is 27.3 Å². The Labute approximate surface area is 159 Å². The van der Waals surface area contributed by atoms with Gasteiger partial charge < -0.3 is 10.2 Å². The number of halogens is 1. The van der Waals surface area contributed by atoms with Crippen molar-refractivity contribution in [2.75, 3.05) is 20.6 Å². The minimum absolute atomic E-state index is 0.0623. The molecule has 0 saturated heterocycles. The second-order valence-electron chi connectivity index (χ2n) is 6.55. The molecule has 2 aromatic rings. The van der Waals surface area contributed by atoms with E-state index in [1.807, 2.05) is 10.8 Å². The number of nitrogens with zero attached hydrogens (tertiary/aromatic N) is 2. The van der Waals surface area contributed by atoms with Gasteiger partial charge in [-0.3, -0.25) is 4.79 Å². The number of likely N-dealkylation sites (N-methyl/N-ethyl adjacent to an activating group) is 1. The molecule has 3 rings (SSSR count). The Kier molecular flexibility index (Phi) is 5.74. The predicted octanol–water partition coefficient (Wildman–Crippen LogP) is 4.17. The van der Waals surface area contributed by atoms with Crippen molar-refractivity contribution in [3.05, 3.63) is 27.0 Å². The van der Waals surface area contributed by atoms with Crippen molar-refractivity contribution in [2.24, 2.45) is 0 Å². The van der Waals surface area contributed by atoms with E-state index in [-0.39, 0.29) is 11.4 Å². The molecular formula is C17H22BrN3OS2. The summed E-state index contributed by atoms with van der Waals surface area (Å²) in [4.78, 5) is 20.3. The highest BCUT2D eigenvalue weighted by Crippen LogP contribution is 2.33. The van der Waals surface area contributed by atoms with Gasteiger partial charge in [0.05, 0.1) is 17.0 Å². The zero-order chi connectivity index (χ0) is 17.2. The molecule has 0 bridgehead atoms. The zero-order valence-corrected chi connectivity index (χ0v) is 17.2. The van der Waals surface area contributed by atoms with Gasteiger partial charge in [0.25, 0.3) is 0 Å². The molecule has 1 amide bonds. The Hall–Kier alpha value is -0.760. The van der Waals surface area contributed by atoms with Gasteiger partial charge in [-0.25, -0.2) is 4.98 Å². The van der Waals surface area contributed by atoms with E-state index in [9.17, 15) is 4.79 Å². The van der Waals surface area contributed by atoms with Gasteiger partial charge in [0.15, 0.2) is 0 Å². The van der Waals surface area contributed by atoms with Gasteiger partial charge in [-0.15, -0.1) is 22.7 Å². The number of carbonyl (C=O) groups excluding carboxylic acids is 1. The first-order valence-electron chi connectivity index (χ1n) is 8.11. The lowest BCUT2D eigenvalue weighted by Gasteiger charge is -2.36. The second-order valence-corrected chi connectivity index (χ2v) is 9.24. The van der Waals surface area contributed by atoms with Crippen molar-refractivity contribution in [3.8, 4) is 9.88 Å². The highest BCUT2D eigenvalue weighted by molar-refractivity contribution is 9.10. The lowest BCUT2D eigenvalue weighted by atomic mass is 9.96. The smallest absolute Gasteiger partial charge is 0.226 e. The van der Waals surface area contributed by atoms with E-state index >= 15 is 0 Å². The number of rotatable bonds is 6. The molecule has 0 atom stereocenters. The van der Waals surface area contributed by atoms with E-state index in [1.165, 1.54) is 12.8 Å². The van der Waals surface area contributed by atoms with Crippen LogP contribution in [0.25, 0.3) is 9.88 Å². The molecule has 0 spiro atoms. The van der Waals surface area contributed by atoms with Crippen LogP contribution in [0, 0.1) is 0 Å². The molecule has 0 unspecified atom stereocenters. The molecule has 0 aromatic carbocycles. The van der Waals surface area contributed by atoms with Crippen LogP contribution >= 0.6 is 38.6 Å². The summed E-state index contributed by atoms with van der Waals surface area (Å²) in [5, 5.41) is 8.14. The summed E-state index contributed by atoms with van der Waals surface area (Å²) in [6, 6.07) is 2.06. The first kappa shape index (κ1) is 18.0. The van der Waals surface area contributed by atoms with Gasteiger partial charge in [-0.1, -0.05) is 12.8 Å². The number of hydrogen-bond acceptors (Lipinski definition) is 5. The third-order valence-electron chi connectivity index (χ3n) is 4.77. The largest absolute Gasteiger partial charge is 0.354 e. The lowest BCUT2D eigenvalue weighted by molar-refractivity contribution is -0.121. The molecular weight excluding hydrogens is 406 g/mol. The summed E-state index contributed by atoms with van der Waals surface area (Å²) in [5.41, 5.74) is 0.980. The van der Waals surface area contributed by atoms with Crippen LogP contribution in [0.2, 0.25) is 0 Å². The average Bonchev–Trinajstić information content (AvgIpc) is 3.25. The van der Waals surface area contributed by atoms with Crippen LogP contribution < -0.4 is 5.32 Å². The van der Waals surface area contributed by atoms with Crippen molar-refractivity contribution >= 4 is 44.5 Å². The van der Waals surface area contributed by atoms with Crippen LogP contribution in [0.3, 0.4) is 0 Å². The normalized spacial score (nSPS) is 16.7. The molecule has 4 nitrogen and oxygen atoms in total. The van der Waals surface area contributed by atoms with Gasteiger partial charge in [-0.2, -0.15) is 0 Å². The molecule has 1 fully saturated rings. The quantitative estimate of drug-likeness (QED) is 0.751. The first-order valence-corrected chi connectivity index (χ1v) is 10.7. The van der Waals surface area contributed by atoms with E-state index in [0.29, 0.717) is 6.42 Å². The number of carbonyl (C=O) groups is 1. The second kappa shape index (κ2) is 7.64. The predicted molar refractivity (Wildman–Crippen MR) is 105 cm³/mol. The molecule has 2 aromatic heterocycles. The van der Waals surface area contributed by atoms with Crippen molar-refractivity contribution in [1.29, 1.82) is 0 Å². The summed E-state index contributed by atoms with van der Waals surface area (Å²) in [6.45, 7) is 0.730. The lowest BCUT2D eigenvalue weighted by Crippen LogP contribution is -2.51. The van der Waals surface area contributed by atoms with E-state index in [0.717, 1.165) is 39.4 Å². The Balaban J connectivity index is 1.56. The van der Waals surface area contributed by atoms with Crippen LogP contribution in [-0.4, -0.2) is 42.0 Å². The number of amides is 1. The Morgan fingerprint density at radius 1 is 1.33 bits per heavy atom. The van der Waals surface area contributed by atoms with E-state index in [4.69, 9.17) is 0 Å². The third-order valence-corrected chi connectivity index (χ3v) is 7.52. The van der Waals surface area contributed by atoms with Gasteiger partial charge >= 0.3 is 0 Å². The maximum atomic E-state index is 12.3. The topological polar surface area (TPSA) is 45.2 Å². The number of thiazole rings is 1. The van der Waals surface area contributed by atoms with Crippen LogP contribution in [0.5, 0.6) is 0 Å². The highest BCUT2D eigenvalue weighted by Gasteiger charge is 2.36. The highest BCUT2D eigenvalue weighted by atomic mass is 79.9. The monoisotopic (exact) mass is 427 g/mol. The van der Waals surface area contributed by atoms with Crippen molar-refractivity contribution < 1.29 is 4.79 Å². The molecule has 2 heterocycles. The molecule has 7 heteroatoms. The maximum Gasteiger partial charge on any atom is 0.226 e. The molecule has 0 radical (unpaired) electrons. The summed E-state index contributed by atoms with van der Waals surface area (Å²) in [5.74, 6) is 0.0623. The van der Waals surface area contributed by atoms with Crippen molar-refractivity contribution in [2.45, 2.75) is 37.6 Å². The summed E-state index contributed by atoms with van der Waals surface area (Å²) in [7, 11) is 4.23. The third kappa shape index (κ3) is 4.07. The number of aromatic nitrogens is 1. The molecule has 130 valence electrons. The fourth-order valence-electron chi connectivity index (χ4n) is 3.23. The van der Waals surface area contributed by atoms with Crippen molar-refractivity contribution in [1.82, 2.24) is 15.2 Å². The summed E-state index contributed by atoms with van der Waals surface area (Å²) in [6.07, 6.45) is 5.18. The van der Waals surface area contributed by atoms with E-state index in [1.54, 1.807) is 22.7 Å². The van der Waals surface area contributed by atoms with Gasteiger partial charge in [0.1, 0.15) is 5.01 Å². The molecule has 0 aliphatic heterocycles. The number of thiophene rings is 1. The molecule has 24 heavy (non-hydrogen) atoms. The minimum Gasteiger partial charge on any atom is -0.354 e.